The van der Waals surface area contributed by atoms with Crippen LogP contribution < -0.4 is 5.32 Å². The fourth-order valence-electron chi connectivity index (χ4n) is 2.70. The minimum absolute atomic E-state index is 0.248. The lowest BCUT2D eigenvalue weighted by molar-refractivity contribution is 0.178. The third-order valence-corrected chi connectivity index (χ3v) is 4.09. The van der Waals surface area contributed by atoms with Gasteiger partial charge in [0.2, 0.25) is 0 Å². The Hall–Kier alpha value is -0.930. The molecule has 1 aliphatic heterocycles. The second-order valence-corrected chi connectivity index (χ2v) is 7.02. The Bertz CT molecular complexity index is 375. The summed E-state index contributed by atoms with van der Waals surface area (Å²) in [6.45, 7) is 11.6. The van der Waals surface area contributed by atoms with Crippen molar-refractivity contribution < 1.29 is 0 Å². The van der Waals surface area contributed by atoms with E-state index in [0.717, 1.165) is 12.3 Å². The molecule has 1 aromatic rings. The van der Waals surface area contributed by atoms with Crippen molar-refractivity contribution in [1.82, 2.24) is 15.2 Å². The third-order valence-electron chi connectivity index (χ3n) is 4.09. The fraction of sp³-hybridized carbons (Fsp3) is 0.706. The van der Waals surface area contributed by atoms with Crippen molar-refractivity contribution in [2.24, 2.45) is 5.92 Å². The van der Waals surface area contributed by atoms with Gasteiger partial charge in [-0.3, -0.25) is 4.98 Å². The van der Waals surface area contributed by atoms with Gasteiger partial charge in [0.1, 0.15) is 0 Å². The molecule has 1 N–H and O–H groups in total. The van der Waals surface area contributed by atoms with Gasteiger partial charge in [0.25, 0.3) is 0 Å². The summed E-state index contributed by atoms with van der Waals surface area (Å²) in [5.74, 6) is 0.853. The average molecular weight is 275 g/mol. The minimum atomic E-state index is 0.248. The van der Waals surface area contributed by atoms with Gasteiger partial charge in [0.05, 0.1) is 0 Å². The molecule has 3 heteroatoms. The highest BCUT2D eigenvalue weighted by Crippen LogP contribution is 2.17. The number of pyridine rings is 1. The van der Waals surface area contributed by atoms with Crippen molar-refractivity contribution in [3.63, 3.8) is 0 Å². The van der Waals surface area contributed by atoms with Crippen LogP contribution in [0.5, 0.6) is 0 Å². The molecule has 0 unspecified atom stereocenters. The van der Waals surface area contributed by atoms with Crippen LogP contribution >= 0.6 is 0 Å². The molecule has 2 rings (SSSR count). The lowest BCUT2D eigenvalue weighted by Crippen LogP contribution is -2.43. The van der Waals surface area contributed by atoms with Crippen LogP contribution in [0.15, 0.2) is 24.5 Å². The van der Waals surface area contributed by atoms with Crippen LogP contribution in [-0.4, -0.2) is 41.6 Å². The highest BCUT2D eigenvalue weighted by Gasteiger charge is 2.20. The highest BCUT2D eigenvalue weighted by molar-refractivity contribution is 5.09. The maximum absolute atomic E-state index is 4.07. The van der Waals surface area contributed by atoms with Crippen LogP contribution in [0.2, 0.25) is 0 Å². The van der Waals surface area contributed by atoms with E-state index in [1.165, 1.54) is 44.6 Å². The average Bonchev–Trinajstić information content (AvgIpc) is 2.44. The molecule has 0 amide bonds. The molecular formula is C17H29N3. The predicted molar refractivity (Wildman–Crippen MR) is 84.9 cm³/mol. The summed E-state index contributed by atoms with van der Waals surface area (Å²) in [6.07, 6.45) is 7.59. The lowest BCUT2D eigenvalue weighted by atomic mass is 9.95. The zero-order chi connectivity index (χ0) is 14.4. The monoisotopic (exact) mass is 275 g/mol. The molecular weight excluding hydrogens is 246 g/mol. The zero-order valence-electron chi connectivity index (χ0n) is 13.2. The van der Waals surface area contributed by atoms with Gasteiger partial charge in [-0.25, -0.2) is 0 Å². The van der Waals surface area contributed by atoms with Crippen molar-refractivity contribution in [3.8, 4) is 0 Å². The maximum atomic E-state index is 4.07. The van der Waals surface area contributed by atoms with Crippen LogP contribution in [0.1, 0.15) is 39.2 Å². The number of aromatic nitrogens is 1. The van der Waals surface area contributed by atoms with Gasteiger partial charge in [-0.1, -0.05) is 0 Å². The Kier molecular flexibility index (Phi) is 5.55. The molecule has 0 radical (unpaired) electrons. The quantitative estimate of drug-likeness (QED) is 0.895. The first kappa shape index (κ1) is 15.5. The number of rotatable bonds is 5. The van der Waals surface area contributed by atoms with Gasteiger partial charge >= 0.3 is 0 Å². The van der Waals surface area contributed by atoms with Gasteiger partial charge in [0.15, 0.2) is 0 Å². The van der Waals surface area contributed by atoms with E-state index >= 15 is 0 Å². The molecule has 0 saturated carbocycles. The van der Waals surface area contributed by atoms with E-state index in [4.69, 9.17) is 0 Å². The van der Waals surface area contributed by atoms with E-state index in [-0.39, 0.29) is 5.54 Å². The summed E-state index contributed by atoms with van der Waals surface area (Å²) in [5, 5.41) is 3.64. The van der Waals surface area contributed by atoms with Crippen molar-refractivity contribution in [3.05, 3.63) is 30.1 Å². The third kappa shape index (κ3) is 5.59. The molecule has 112 valence electrons. The van der Waals surface area contributed by atoms with E-state index in [1.54, 1.807) is 0 Å². The molecule has 1 saturated heterocycles. The molecule has 1 aliphatic rings. The Morgan fingerprint density at radius 1 is 1.20 bits per heavy atom. The van der Waals surface area contributed by atoms with E-state index in [2.05, 4.69) is 48.1 Å². The van der Waals surface area contributed by atoms with Crippen LogP contribution in [0.25, 0.3) is 0 Å². The molecule has 3 nitrogen and oxygen atoms in total. The van der Waals surface area contributed by atoms with Gasteiger partial charge < -0.3 is 10.2 Å². The molecule has 2 heterocycles. The molecule has 1 fully saturated rings. The van der Waals surface area contributed by atoms with Crippen LogP contribution in [-0.2, 0) is 6.42 Å². The smallest absolute Gasteiger partial charge is 0.0270 e. The van der Waals surface area contributed by atoms with Gasteiger partial charge in [-0.15, -0.1) is 0 Å². The molecule has 0 spiro atoms. The van der Waals surface area contributed by atoms with E-state index in [0.29, 0.717) is 0 Å². The van der Waals surface area contributed by atoms with Gasteiger partial charge in [-0.05, 0) is 83.3 Å². The van der Waals surface area contributed by atoms with Crippen LogP contribution in [0.4, 0.5) is 0 Å². The molecule has 0 aromatic carbocycles. The van der Waals surface area contributed by atoms with E-state index in [1.807, 2.05) is 12.4 Å². The lowest BCUT2D eigenvalue weighted by Gasteiger charge is -2.33. The first-order valence-corrected chi connectivity index (χ1v) is 7.89. The van der Waals surface area contributed by atoms with Crippen molar-refractivity contribution in [2.75, 3.05) is 26.2 Å². The van der Waals surface area contributed by atoms with E-state index in [9.17, 15) is 0 Å². The minimum Gasteiger partial charge on any atom is -0.312 e. The number of piperidine rings is 1. The summed E-state index contributed by atoms with van der Waals surface area (Å²) >= 11 is 0. The first-order valence-electron chi connectivity index (χ1n) is 7.89. The van der Waals surface area contributed by atoms with Crippen molar-refractivity contribution >= 4 is 0 Å². The van der Waals surface area contributed by atoms with Crippen molar-refractivity contribution in [2.45, 2.75) is 45.6 Å². The zero-order valence-corrected chi connectivity index (χ0v) is 13.2. The number of hydrogen-bond acceptors (Lipinski definition) is 3. The molecule has 0 bridgehead atoms. The predicted octanol–water partition coefficient (Wildman–Crippen LogP) is 2.72. The highest BCUT2D eigenvalue weighted by atomic mass is 15.1. The number of likely N-dealkylation sites (tertiary alicyclic amines) is 1. The Balaban J connectivity index is 1.64. The second-order valence-electron chi connectivity index (χ2n) is 7.02. The summed E-state index contributed by atoms with van der Waals surface area (Å²) in [7, 11) is 0. The summed E-state index contributed by atoms with van der Waals surface area (Å²) < 4.78 is 0. The maximum Gasteiger partial charge on any atom is 0.0270 e. The number of hydrogen-bond donors (Lipinski definition) is 1. The number of nitrogens with zero attached hydrogens (tertiary/aromatic N) is 2. The number of nitrogens with one attached hydrogen (secondary N) is 1. The summed E-state index contributed by atoms with van der Waals surface area (Å²) in [6, 6.07) is 4.25. The normalized spacial score (nSPS) is 18.4. The Labute approximate surface area is 123 Å². The standard InChI is InChI=1S/C17H29N3/c1-17(2,3)19-14-16-7-12-20(13-8-16)11-6-15-4-9-18-10-5-15/h4-5,9-10,16,19H,6-8,11-14H2,1-3H3. The molecule has 1 aromatic heterocycles. The molecule has 0 aliphatic carbocycles. The topological polar surface area (TPSA) is 28.2 Å². The summed E-state index contributed by atoms with van der Waals surface area (Å²) in [5.41, 5.74) is 1.65. The fourth-order valence-corrected chi connectivity index (χ4v) is 2.70. The molecule has 0 atom stereocenters. The molecule has 20 heavy (non-hydrogen) atoms. The van der Waals surface area contributed by atoms with E-state index < -0.39 is 0 Å². The van der Waals surface area contributed by atoms with Crippen LogP contribution in [0, 0.1) is 5.92 Å². The largest absolute Gasteiger partial charge is 0.312 e. The Morgan fingerprint density at radius 2 is 1.85 bits per heavy atom. The Morgan fingerprint density at radius 3 is 2.45 bits per heavy atom. The second kappa shape index (κ2) is 7.19. The first-order chi connectivity index (χ1) is 9.53. The van der Waals surface area contributed by atoms with Crippen LogP contribution in [0.3, 0.4) is 0 Å². The summed E-state index contributed by atoms with van der Waals surface area (Å²) in [4.78, 5) is 6.67. The van der Waals surface area contributed by atoms with Gasteiger partial charge in [-0.2, -0.15) is 0 Å². The van der Waals surface area contributed by atoms with Gasteiger partial charge in [0, 0.05) is 24.5 Å². The van der Waals surface area contributed by atoms with Crippen molar-refractivity contribution in [1.29, 1.82) is 0 Å². The SMILES string of the molecule is CC(C)(C)NCC1CCN(CCc2ccncc2)CC1.